The normalized spacial score (nSPS) is 18.2. The lowest BCUT2D eigenvalue weighted by Crippen LogP contribution is -2.45. The van der Waals surface area contributed by atoms with Crippen molar-refractivity contribution in [1.82, 2.24) is 4.90 Å². The van der Waals surface area contributed by atoms with Crippen molar-refractivity contribution in [3.05, 3.63) is 48.4 Å². The minimum absolute atomic E-state index is 0.128. The van der Waals surface area contributed by atoms with E-state index in [1.807, 2.05) is 20.8 Å². The van der Waals surface area contributed by atoms with Crippen molar-refractivity contribution in [2.24, 2.45) is 10.7 Å². The fourth-order valence-electron chi connectivity index (χ4n) is 2.56. The van der Waals surface area contributed by atoms with E-state index >= 15 is 0 Å². The van der Waals surface area contributed by atoms with E-state index in [4.69, 9.17) is 20.3 Å². The molecule has 0 aromatic carbocycles. The van der Waals surface area contributed by atoms with Gasteiger partial charge in [-0.05, 0) is 45.3 Å². The van der Waals surface area contributed by atoms with Gasteiger partial charge in [0, 0.05) is 38.7 Å². The summed E-state index contributed by atoms with van der Waals surface area (Å²) in [6, 6.07) is 0. The van der Waals surface area contributed by atoms with Gasteiger partial charge in [0.25, 0.3) is 0 Å². The molecule has 1 atom stereocenters. The average Bonchev–Trinajstić information content (AvgIpc) is 2.65. The SMILES string of the molecule is C=CC(=C\C(=C)OC1CCCN(C(=O)OC(C)(C)C)C1)/C(C=NC)=C/N.CO. The molecule has 7 heteroatoms. The number of allylic oxidation sites excluding steroid dienone is 4. The number of likely N-dealkylation sites (tertiary alicyclic amines) is 1. The lowest BCUT2D eigenvalue weighted by atomic mass is 10.1. The molecule has 1 saturated heterocycles. The summed E-state index contributed by atoms with van der Waals surface area (Å²) in [5.41, 5.74) is 6.61. The molecule has 1 heterocycles. The van der Waals surface area contributed by atoms with Gasteiger partial charge < -0.3 is 25.2 Å². The molecule has 3 N–H and O–H groups in total. The number of hydrogen-bond acceptors (Lipinski definition) is 6. The Morgan fingerprint density at radius 3 is 2.46 bits per heavy atom. The fourth-order valence-corrected chi connectivity index (χ4v) is 2.56. The van der Waals surface area contributed by atoms with Crippen LogP contribution in [0.2, 0.25) is 0 Å². The Morgan fingerprint density at radius 1 is 1.32 bits per heavy atom. The number of aliphatic imine (C=N–C) groups is 1. The van der Waals surface area contributed by atoms with Crippen LogP contribution in [0, 0.1) is 0 Å². The summed E-state index contributed by atoms with van der Waals surface area (Å²) in [5.74, 6) is 0.486. The lowest BCUT2D eigenvalue weighted by Gasteiger charge is -2.34. The quantitative estimate of drug-likeness (QED) is 0.410. The minimum atomic E-state index is -0.512. The van der Waals surface area contributed by atoms with Crippen LogP contribution in [0.15, 0.2) is 53.4 Å². The lowest BCUT2D eigenvalue weighted by molar-refractivity contribution is -0.00161. The number of nitrogens with two attached hydrogens (primary N) is 1. The average molecular weight is 394 g/mol. The molecule has 0 aromatic heterocycles. The van der Waals surface area contributed by atoms with E-state index in [9.17, 15) is 4.79 Å². The predicted molar refractivity (Wildman–Crippen MR) is 114 cm³/mol. The molecule has 1 rings (SSSR count). The number of hydrogen-bond donors (Lipinski definition) is 2. The van der Waals surface area contributed by atoms with E-state index in [0.29, 0.717) is 18.8 Å². The number of carbonyl (C=O) groups is 1. The van der Waals surface area contributed by atoms with Gasteiger partial charge in [-0.1, -0.05) is 19.2 Å². The molecule has 0 saturated carbocycles. The summed E-state index contributed by atoms with van der Waals surface area (Å²) in [4.78, 5) is 17.9. The third kappa shape index (κ3) is 9.41. The van der Waals surface area contributed by atoms with Crippen molar-refractivity contribution in [3.63, 3.8) is 0 Å². The zero-order valence-corrected chi connectivity index (χ0v) is 17.8. The third-order valence-corrected chi connectivity index (χ3v) is 3.67. The smallest absolute Gasteiger partial charge is 0.410 e. The van der Waals surface area contributed by atoms with Gasteiger partial charge in [-0.2, -0.15) is 0 Å². The number of carbonyl (C=O) groups excluding carboxylic acids is 1. The van der Waals surface area contributed by atoms with Crippen molar-refractivity contribution in [3.8, 4) is 0 Å². The highest BCUT2D eigenvalue weighted by atomic mass is 16.6. The highest BCUT2D eigenvalue weighted by Crippen LogP contribution is 2.20. The topological polar surface area (TPSA) is 97.4 Å². The molecule has 1 aliphatic heterocycles. The second kappa shape index (κ2) is 12.8. The van der Waals surface area contributed by atoms with E-state index < -0.39 is 5.60 Å². The van der Waals surface area contributed by atoms with Gasteiger partial charge in [-0.25, -0.2) is 4.79 Å². The molecule has 0 aliphatic carbocycles. The van der Waals surface area contributed by atoms with Gasteiger partial charge in [-0.15, -0.1) is 0 Å². The maximum absolute atomic E-state index is 12.2. The molecule has 158 valence electrons. The zero-order chi connectivity index (χ0) is 21.7. The number of nitrogens with zero attached hydrogens (tertiary/aromatic N) is 2. The van der Waals surface area contributed by atoms with Crippen molar-refractivity contribution in [2.75, 3.05) is 27.2 Å². The van der Waals surface area contributed by atoms with Crippen molar-refractivity contribution < 1.29 is 19.4 Å². The summed E-state index contributed by atoms with van der Waals surface area (Å²) in [5, 5.41) is 7.00. The molecule has 0 spiro atoms. The molecule has 0 bridgehead atoms. The largest absolute Gasteiger partial charge is 0.489 e. The number of ether oxygens (including phenoxy) is 2. The van der Waals surface area contributed by atoms with Crippen LogP contribution in [-0.4, -0.2) is 61.3 Å². The van der Waals surface area contributed by atoms with Crippen molar-refractivity contribution in [1.29, 1.82) is 0 Å². The van der Waals surface area contributed by atoms with Gasteiger partial charge >= 0.3 is 6.09 Å². The van der Waals surface area contributed by atoms with Gasteiger partial charge in [-0.3, -0.25) is 4.99 Å². The zero-order valence-electron chi connectivity index (χ0n) is 17.8. The minimum Gasteiger partial charge on any atom is -0.489 e. The van der Waals surface area contributed by atoms with E-state index in [-0.39, 0.29) is 12.2 Å². The highest BCUT2D eigenvalue weighted by molar-refractivity contribution is 5.85. The molecule has 1 amide bonds. The Hall–Kier alpha value is -2.54. The standard InChI is InChI=1S/C20H31N3O3.CH4O/c1-7-16(17(12-21)13-22-6)11-15(2)25-18-9-8-10-23(14-18)19(24)26-20(3,4)5;1-2/h7,11-13,18H,1-2,8-10,14,21H2,3-6H3;2H,1H3/b16-11+,17-12+,22-13?;. The monoisotopic (exact) mass is 393 g/mol. The third-order valence-electron chi connectivity index (χ3n) is 3.67. The first kappa shape index (κ1) is 25.5. The van der Waals surface area contributed by atoms with Crippen LogP contribution in [-0.2, 0) is 9.47 Å². The molecule has 1 fully saturated rings. The number of aliphatic hydroxyl groups is 1. The predicted octanol–water partition coefficient (Wildman–Crippen LogP) is 3.18. The number of rotatable bonds is 6. The second-order valence-electron chi connectivity index (χ2n) is 7.09. The van der Waals surface area contributed by atoms with Gasteiger partial charge in [0.2, 0.25) is 0 Å². The summed E-state index contributed by atoms with van der Waals surface area (Å²) >= 11 is 0. The first-order valence-corrected chi connectivity index (χ1v) is 9.17. The maximum atomic E-state index is 12.2. The van der Waals surface area contributed by atoms with E-state index in [1.165, 1.54) is 6.20 Å². The second-order valence-corrected chi connectivity index (χ2v) is 7.09. The van der Waals surface area contributed by atoms with Crippen LogP contribution in [0.5, 0.6) is 0 Å². The Labute approximate surface area is 168 Å². The Bertz CT molecular complexity index is 616. The molecule has 0 aromatic rings. The molecule has 7 nitrogen and oxygen atoms in total. The molecule has 0 radical (unpaired) electrons. The van der Waals surface area contributed by atoms with Crippen molar-refractivity contribution >= 4 is 12.3 Å². The van der Waals surface area contributed by atoms with E-state index in [2.05, 4.69) is 18.2 Å². The molecule has 28 heavy (non-hydrogen) atoms. The number of amides is 1. The van der Waals surface area contributed by atoms with Crippen LogP contribution in [0.1, 0.15) is 33.6 Å². The van der Waals surface area contributed by atoms with Crippen LogP contribution >= 0.6 is 0 Å². The van der Waals surface area contributed by atoms with Gasteiger partial charge in [0.05, 0.1) is 6.54 Å². The molecular formula is C21H35N3O4. The number of piperidine rings is 1. The molecular weight excluding hydrogens is 358 g/mol. The van der Waals surface area contributed by atoms with Gasteiger partial charge in [0.1, 0.15) is 17.5 Å². The van der Waals surface area contributed by atoms with Gasteiger partial charge in [0.15, 0.2) is 0 Å². The van der Waals surface area contributed by atoms with Crippen LogP contribution in [0.25, 0.3) is 0 Å². The van der Waals surface area contributed by atoms with Crippen LogP contribution in [0.4, 0.5) is 4.79 Å². The Kier molecular flexibility index (Phi) is 11.6. The maximum Gasteiger partial charge on any atom is 0.410 e. The number of aliphatic hydroxyl groups excluding tert-OH is 1. The molecule has 1 aliphatic rings. The van der Waals surface area contributed by atoms with E-state index in [1.54, 1.807) is 30.3 Å². The highest BCUT2D eigenvalue weighted by Gasteiger charge is 2.28. The summed E-state index contributed by atoms with van der Waals surface area (Å²) in [7, 11) is 2.67. The molecule has 1 unspecified atom stereocenters. The van der Waals surface area contributed by atoms with Crippen LogP contribution in [0.3, 0.4) is 0 Å². The summed E-state index contributed by atoms with van der Waals surface area (Å²) in [6.45, 7) is 14.4. The first-order chi connectivity index (χ1) is 13.2. The summed E-state index contributed by atoms with van der Waals surface area (Å²) < 4.78 is 11.4. The first-order valence-electron chi connectivity index (χ1n) is 9.17. The Balaban J connectivity index is 0.00000352. The van der Waals surface area contributed by atoms with Crippen molar-refractivity contribution in [2.45, 2.75) is 45.3 Å². The summed E-state index contributed by atoms with van der Waals surface area (Å²) in [6.07, 6.45) is 7.80. The Morgan fingerprint density at radius 2 is 1.96 bits per heavy atom. The fraction of sp³-hybridized carbons (Fsp3) is 0.524. The van der Waals surface area contributed by atoms with Crippen LogP contribution < -0.4 is 5.73 Å². The van der Waals surface area contributed by atoms with E-state index in [0.717, 1.165) is 31.1 Å².